The predicted molar refractivity (Wildman–Crippen MR) is 71.3 cm³/mol. The third kappa shape index (κ3) is 3.07. The summed E-state index contributed by atoms with van der Waals surface area (Å²) in [5.74, 6) is 1.46. The highest BCUT2D eigenvalue weighted by Gasteiger charge is 2.30. The van der Waals surface area contributed by atoms with Crippen LogP contribution in [0.4, 0.5) is 11.8 Å². The van der Waals surface area contributed by atoms with E-state index in [0.29, 0.717) is 18.1 Å². The SMILES string of the molecule is CCOC1CC(Nc2nc(NC)ncc2Br)C1. The van der Waals surface area contributed by atoms with Crippen LogP contribution >= 0.6 is 15.9 Å². The molecule has 0 unspecified atom stereocenters. The summed E-state index contributed by atoms with van der Waals surface area (Å²) in [6, 6.07) is 0.447. The molecule has 0 bridgehead atoms. The Hall–Kier alpha value is -0.880. The fourth-order valence-corrected chi connectivity index (χ4v) is 2.14. The van der Waals surface area contributed by atoms with Crippen LogP contribution in [-0.4, -0.2) is 35.8 Å². The summed E-state index contributed by atoms with van der Waals surface area (Å²) in [4.78, 5) is 8.48. The van der Waals surface area contributed by atoms with E-state index in [-0.39, 0.29) is 0 Å². The van der Waals surface area contributed by atoms with E-state index in [1.807, 2.05) is 14.0 Å². The van der Waals surface area contributed by atoms with Gasteiger partial charge in [0.2, 0.25) is 5.95 Å². The zero-order valence-corrected chi connectivity index (χ0v) is 11.6. The van der Waals surface area contributed by atoms with E-state index in [2.05, 4.69) is 36.5 Å². The van der Waals surface area contributed by atoms with Crippen molar-refractivity contribution in [3.63, 3.8) is 0 Å². The Bertz CT molecular complexity index is 382. The molecular formula is C11H17BrN4O. The standard InChI is InChI=1S/C11H17BrN4O/c1-3-17-8-4-7(5-8)15-10-9(12)6-14-11(13-2)16-10/h6-8H,3-5H2,1-2H3,(H2,13,14,15,16). The lowest BCUT2D eigenvalue weighted by molar-refractivity contribution is 0.00291. The molecule has 2 N–H and O–H groups in total. The fraction of sp³-hybridized carbons (Fsp3) is 0.636. The smallest absolute Gasteiger partial charge is 0.224 e. The first-order valence-corrected chi connectivity index (χ1v) is 6.60. The predicted octanol–water partition coefficient (Wildman–Crippen LogP) is 2.26. The van der Waals surface area contributed by atoms with Crippen LogP contribution in [0, 0.1) is 0 Å². The number of hydrogen-bond acceptors (Lipinski definition) is 5. The molecule has 0 aromatic carbocycles. The lowest BCUT2D eigenvalue weighted by Crippen LogP contribution is -2.41. The van der Waals surface area contributed by atoms with Crippen molar-refractivity contribution < 1.29 is 4.74 Å². The van der Waals surface area contributed by atoms with E-state index in [1.54, 1.807) is 6.20 Å². The second kappa shape index (κ2) is 5.64. The molecule has 5 nitrogen and oxygen atoms in total. The normalized spacial score (nSPS) is 23.0. The van der Waals surface area contributed by atoms with Gasteiger partial charge in [-0.2, -0.15) is 4.98 Å². The lowest BCUT2D eigenvalue weighted by Gasteiger charge is -2.35. The zero-order chi connectivity index (χ0) is 12.3. The monoisotopic (exact) mass is 300 g/mol. The van der Waals surface area contributed by atoms with Gasteiger partial charge in [-0.25, -0.2) is 4.98 Å². The van der Waals surface area contributed by atoms with E-state index in [1.165, 1.54) is 0 Å². The third-order valence-electron chi connectivity index (χ3n) is 2.81. The highest BCUT2D eigenvalue weighted by Crippen LogP contribution is 2.29. The molecule has 0 atom stereocenters. The van der Waals surface area contributed by atoms with Gasteiger partial charge < -0.3 is 15.4 Å². The van der Waals surface area contributed by atoms with Gasteiger partial charge in [-0.3, -0.25) is 0 Å². The highest BCUT2D eigenvalue weighted by molar-refractivity contribution is 9.10. The molecule has 0 radical (unpaired) electrons. The minimum atomic E-state index is 0.405. The number of rotatable bonds is 5. The summed E-state index contributed by atoms with van der Waals surface area (Å²) in [5, 5.41) is 6.32. The molecule has 1 saturated carbocycles. The summed E-state index contributed by atoms with van der Waals surface area (Å²) in [5.41, 5.74) is 0. The van der Waals surface area contributed by atoms with Crippen molar-refractivity contribution in [1.29, 1.82) is 0 Å². The first-order valence-electron chi connectivity index (χ1n) is 5.81. The van der Waals surface area contributed by atoms with E-state index >= 15 is 0 Å². The minimum absolute atomic E-state index is 0.405. The molecule has 0 spiro atoms. The molecule has 2 rings (SSSR count). The molecule has 6 heteroatoms. The van der Waals surface area contributed by atoms with Gasteiger partial charge in [0.05, 0.1) is 10.6 Å². The number of nitrogens with zero attached hydrogens (tertiary/aromatic N) is 2. The van der Waals surface area contributed by atoms with Crippen LogP contribution in [0.5, 0.6) is 0 Å². The summed E-state index contributed by atoms with van der Waals surface area (Å²) in [7, 11) is 1.81. The van der Waals surface area contributed by atoms with Crippen molar-refractivity contribution in [3.05, 3.63) is 10.7 Å². The number of nitrogens with one attached hydrogen (secondary N) is 2. The van der Waals surface area contributed by atoms with Gasteiger partial charge in [-0.15, -0.1) is 0 Å². The first-order chi connectivity index (χ1) is 8.22. The summed E-state index contributed by atoms with van der Waals surface area (Å²) in [6.45, 7) is 2.82. The summed E-state index contributed by atoms with van der Waals surface area (Å²) in [6.07, 6.45) is 4.24. The molecule has 1 heterocycles. The average molecular weight is 301 g/mol. The molecule has 0 saturated heterocycles. The topological polar surface area (TPSA) is 59.1 Å². The van der Waals surface area contributed by atoms with Gasteiger partial charge in [0, 0.05) is 25.9 Å². The van der Waals surface area contributed by atoms with E-state index < -0.39 is 0 Å². The van der Waals surface area contributed by atoms with Gasteiger partial charge in [0.1, 0.15) is 5.82 Å². The molecule has 1 aromatic rings. The van der Waals surface area contributed by atoms with Crippen LogP contribution < -0.4 is 10.6 Å². The molecule has 17 heavy (non-hydrogen) atoms. The van der Waals surface area contributed by atoms with Crippen molar-refractivity contribution in [2.75, 3.05) is 24.3 Å². The number of halogens is 1. The molecule has 94 valence electrons. The van der Waals surface area contributed by atoms with Gasteiger partial charge >= 0.3 is 0 Å². The van der Waals surface area contributed by atoms with E-state index in [0.717, 1.165) is 29.7 Å². The Labute approximate surface area is 110 Å². The van der Waals surface area contributed by atoms with Crippen molar-refractivity contribution in [2.24, 2.45) is 0 Å². The van der Waals surface area contributed by atoms with Crippen LogP contribution in [0.15, 0.2) is 10.7 Å². The molecular weight excluding hydrogens is 284 g/mol. The van der Waals surface area contributed by atoms with Gasteiger partial charge in [0.15, 0.2) is 0 Å². The van der Waals surface area contributed by atoms with Gasteiger partial charge in [-0.1, -0.05) is 0 Å². The second-order valence-corrected chi connectivity index (χ2v) is 4.88. The summed E-state index contributed by atoms with van der Waals surface area (Å²) < 4.78 is 6.41. The molecule has 1 fully saturated rings. The first kappa shape index (κ1) is 12.6. The van der Waals surface area contributed by atoms with Crippen molar-refractivity contribution >= 4 is 27.7 Å². The molecule has 1 aromatic heterocycles. The van der Waals surface area contributed by atoms with Crippen molar-refractivity contribution in [1.82, 2.24) is 9.97 Å². The minimum Gasteiger partial charge on any atom is -0.378 e. The molecule has 0 amide bonds. The highest BCUT2D eigenvalue weighted by atomic mass is 79.9. The maximum absolute atomic E-state index is 5.52. The van der Waals surface area contributed by atoms with Crippen LogP contribution in [0.2, 0.25) is 0 Å². The average Bonchev–Trinajstić information content (AvgIpc) is 2.29. The fourth-order valence-electron chi connectivity index (χ4n) is 1.84. The Morgan fingerprint density at radius 3 is 2.94 bits per heavy atom. The van der Waals surface area contributed by atoms with Crippen molar-refractivity contribution in [2.45, 2.75) is 31.9 Å². The second-order valence-electron chi connectivity index (χ2n) is 4.03. The molecule has 1 aliphatic carbocycles. The number of aromatic nitrogens is 2. The third-order valence-corrected chi connectivity index (χ3v) is 3.39. The Morgan fingerprint density at radius 2 is 2.29 bits per heavy atom. The number of ether oxygens (including phenoxy) is 1. The maximum Gasteiger partial charge on any atom is 0.224 e. The van der Waals surface area contributed by atoms with Gasteiger partial charge in [-0.05, 0) is 35.7 Å². The number of hydrogen-bond donors (Lipinski definition) is 2. The Kier molecular flexibility index (Phi) is 4.17. The largest absolute Gasteiger partial charge is 0.378 e. The number of anilines is 2. The van der Waals surface area contributed by atoms with Crippen molar-refractivity contribution in [3.8, 4) is 0 Å². The van der Waals surface area contributed by atoms with E-state index in [9.17, 15) is 0 Å². The Balaban J connectivity index is 1.91. The summed E-state index contributed by atoms with van der Waals surface area (Å²) >= 11 is 3.44. The van der Waals surface area contributed by atoms with Crippen LogP contribution in [0.25, 0.3) is 0 Å². The quantitative estimate of drug-likeness (QED) is 0.873. The Morgan fingerprint density at radius 1 is 1.53 bits per heavy atom. The van der Waals surface area contributed by atoms with E-state index in [4.69, 9.17) is 4.74 Å². The van der Waals surface area contributed by atoms with Crippen LogP contribution in [-0.2, 0) is 4.74 Å². The van der Waals surface area contributed by atoms with Gasteiger partial charge in [0.25, 0.3) is 0 Å². The maximum atomic E-state index is 5.52. The molecule has 0 aliphatic heterocycles. The lowest BCUT2D eigenvalue weighted by atomic mass is 9.89. The van der Waals surface area contributed by atoms with Crippen LogP contribution in [0.3, 0.4) is 0 Å². The zero-order valence-electron chi connectivity index (χ0n) is 10.0. The molecule has 1 aliphatic rings. The van der Waals surface area contributed by atoms with Crippen LogP contribution in [0.1, 0.15) is 19.8 Å².